The Balaban J connectivity index is 0.000000107. The van der Waals surface area contributed by atoms with Gasteiger partial charge in [0.1, 0.15) is 57.5 Å². The molecule has 8 heterocycles. The monoisotopic (exact) mass is 1910 g/mol. The minimum absolute atomic E-state index is 0.297. The number of hydrogen-bond acceptors (Lipinski definition) is 12. The van der Waals surface area contributed by atoms with E-state index in [1.807, 2.05) is 42.5 Å². The second-order valence-corrected chi connectivity index (χ2v) is 40.6. The number of fused-ring (bicyclic) bond motifs is 38. The van der Waals surface area contributed by atoms with Gasteiger partial charge in [-0.05, 0) is 255 Å². The van der Waals surface area contributed by atoms with Crippen LogP contribution in [0.1, 0.15) is 125 Å². The van der Waals surface area contributed by atoms with Gasteiger partial charge in [-0.2, -0.15) is 0 Å². The van der Waals surface area contributed by atoms with Crippen LogP contribution in [-0.4, -0.2) is 60.4 Å². The van der Waals surface area contributed by atoms with Gasteiger partial charge in [0.2, 0.25) is 5.72 Å². The third-order valence-electron chi connectivity index (χ3n) is 33.3. The number of benzene rings is 19. The van der Waals surface area contributed by atoms with E-state index in [2.05, 4.69) is 427 Å². The van der Waals surface area contributed by atoms with Crippen LogP contribution in [0.3, 0.4) is 0 Å². The first-order chi connectivity index (χ1) is 72.1. The summed E-state index contributed by atoms with van der Waals surface area (Å²) in [6.07, 6.45) is 22.7. The van der Waals surface area contributed by atoms with Crippen molar-refractivity contribution in [1.82, 2.24) is 0 Å². The highest BCUT2D eigenvalue weighted by atomic mass is 16.5. The van der Waals surface area contributed by atoms with Gasteiger partial charge in [0.15, 0.2) is 22.4 Å². The van der Waals surface area contributed by atoms with Crippen LogP contribution in [0.25, 0.3) is 107 Å². The molecule has 0 saturated carbocycles. The molecule has 3 aliphatic carbocycles. The normalized spacial score (nSPS) is 19.5. The summed E-state index contributed by atoms with van der Waals surface area (Å²) in [5, 5.41) is 9.18. The summed E-state index contributed by atoms with van der Waals surface area (Å²) in [4.78, 5) is 4.70. The van der Waals surface area contributed by atoms with Gasteiger partial charge in [-0.1, -0.05) is 291 Å². The molecular formula is C135H102N2O10. The van der Waals surface area contributed by atoms with E-state index in [1.165, 1.54) is 93.9 Å². The third-order valence-corrected chi connectivity index (χ3v) is 33.3. The summed E-state index contributed by atoms with van der Waals surface area (Å²) in [6.45, 7) is 12.4. The first-order valence-electron chi connectivity index (χ1n) is 50.8. The van der Waals surface area contributed by atoms with Crippen LogP contribution >= 0.6 is 0 Å². The number of anilines is 2. The molecule has 8 aliphatic heterocycles. The van der Waals surface area contributed by atoms with E-state index >= 15 is 0 Å². The fourth-order valence-corrected chi connectivity index (χ4v) is 26.2. The van der Waals surface area contributed by atoms with Crippen LogP contribution in [0.4, 0.5) is 11.4 Å². The quantitative estimate of drug-likeness (QED) is 0.145. The first kappa shape index (κ1) is 87.5. The lowest BCUT2D eigenvalue weighted by molar-refractivity contribution is 0.0592. The van der Waals surface area contributed by atoms with Gasteiger partial charge in [0, 0.05) is 126 Å². The average molecular weight is 1910 g/mol. The van der Waals surface area contributed by atoms with E-state index in [4.69, 9.17) is 47.4 Å². The third kappa shape index (κ3) is 12.4. The average Bonchev–Trinajstić information content (AvgIpc) is 1.51. The van der Waals surface area contributed by atoms with Crippen molar-refractivity contribution >= 4 is 84.8 Å². The first-order valence-corrected chi connectivity index (χ1v) is 50.8. The van der Waals surface area contributed by atoms with Gasteiger partial charge in [0.25, 0.3) is 0 Å². The molecule has 0 amide bonds. The van der Waals surface area contributed by atoms with E-state index in [0.717, 1.165) is 189 Å². The largest absolute Gasteiger partial charge is 0.497 e. The second kappa shape index (κ2) is 32.9. The zero-order valence-electron chi connectivity index (χ0n) is 82.7. The predicted octanol–water partition coefficient (Wildman–Crippen LogP) is 30.5. The summed E-state index contributed by atoms with van der Waals surface area (Å²) in [5.74, 6) is 8.39. The predicted molar refractivity (Wildman–Crippen MR) is 590 cm³/mol. The number of nitrogens with zero attached hydrogens (tertiary/aromatic N) is 2. The summed E-state index contributed by atoms with van der Waals surface area (Å²) in [6, 6.07) is 128. The van der Waals surface area contributed by atoms with E-state index in [-0.39, 0.29) is 5.41 Å². The van der Waals surface area contributed by atoms with E-state index < -0.39 is 33.5 Å². The van der Waals surface area contributed by atoms with Crippen molar-refractivity contribution in [1.29, 1.82) is 0 Å². The zero-order valence-corrected chi connectivity index (χ0v) is 82.7. The maximum Gasteiger partial charge on any atom is 0.211 e. The van der Waals surface area contributed by atoms with Crippen molar-refractivity contribution in [2.24, 2.45) is 0 Å². The number of hydrogen-bond donors (Lipinski definition) is 0. The van der Waals surface area contributed by atoms with Crippen LogP contribution in [0, 0.1) is 13.8 Å². The molecule has 30 rings (SSSR count). The number of methoxy groups -OCH3 is 3. The van der Waals surface area contributed by atoms with Crippen molar-refractivity contribution < 1.29 is 47.4 Å². The van der Waals surface area contributed by atoms with Crippen LogP contribution in [0.2, 0.25) is 0 Å². The SMILES string of the molecule is CN1c2ccccc2C(C)(C)C12C=Cc1c3c(c4ccccc4c1O2)-c1ccccc1C31C=Cc2c(ccc3ccccc23)O1.COc1ccc(C2(c3ccc(OC)cc3)C=Cc3c4c(c5ccc(OC)cc5c3O2)-c2ccccc2C42c3ccccc3Oc3ccccc32)cc1.Cc1c(C)c2c(c3c1OC(c1ccccc1)(c1ccc(N4CCOCC4)cc1)C=C3)C1(C=Cc3c(ccc4ccccc34)O1)c1ccccc1-2. The van der Waals surface area contributed by atoms with Crippen LogP contribution in [0.5, 0.6) is 57.5 Å². The van der Waals surface area contributed by atoms with Gasteiger partial charge >= 0.3 is 0 Å². The summed E-state index contributed by atoms with van der Waals surface area (Å²) in [7, 11) is 7.23. The molecule has 12 nitrogen and oxygen atoms in total. The zero-order chi connectivity index (χ0) is 98.6. The van der Waals surface area contributed by atoms with Gasteiger partial charge in [-0.25, -0.2) is 0 Å². The molecule has 0 radical (unpaired) electrons. The number of para-hydroxylation sites is 3. The number of morpholine rings is 1. The van der Waals surface area contributed by atoms with E-state index in [0.29, 0.717) is 0 Å². The Morgan fingerprint density at radius 1 is 0.293 bits per heavy atom. The molecule has 147 heavy (non-hydrogen) atoms. The Bertz CT molecular complexity index is 8860. The van der Waals surface area contributed by atoms with Crippen LogP contribution < -0.4 is 52.4 Å². The van der Waals surface area contributed by atoms with Crippen molar-refractivity contribution in [3.63, 3.8) is 0 Å². The molecule has 0 bridgehead atoms. The van der Waals surface area contributed by atoms with Crippen LogP contribution in [-0.2, 0) is 38.0 Å². The van der Waals surface area contributed by atoms with Gasteiger partial charge in [-0.3, -0.25) is 0 Å². The van der Waals surface area contributed by atoms with Gasteiger partial charge in [0.05, 0.1) is 45.4 Å². The number of ether oxygens (including phenoxy) is 10. The standard InChI is InChI=1S/C47H34O5.C46H37NO3.C42H31NO2/c1-48-31-20-16-29(17-21-31)46(30-18-22-32(49-2)23-19-30)27-26-36-44-43(34-25-24-33(50-3)28-37(34)45(36)52-46)35-10-4-5-11-38(35)47(44)39-12-6-8-14-41(39)51-42-15-9-7-13-40(42)47;1-30-31(2)44-39(23-24-45(50-44,33-11-4-3-5-12-33)34-17-19-35(20-18-34)47-26-28-48-29-27-47)43-42(30)38-14-8-9-15-40(38)46(43)25-22-37-36-13-7-6-10-32(36)16-21-41(37)49-46;1-40(2)34-18-10-11-19-35(34)43(3)42(40)25-23-32-38-37(29-14-6-7-15-30(29)39(32)45-42)31-16-8-9-17-33(31)41(38)24-22-28-27-13-5-4-12-26(27)20-21-36(28)44-41/h4-28H,1-3H3;3-25H,26-29H2,1-2H3;4-25H,1-3H3. The van der Waals surface area contributed by atoms with Gasteiger partial charge in [-0.15, -0.1) is 0 Å². The molecule has 11 aliphatic rings. The summed E-state index contributed by atoms with van der Waals surface area (Å²) in [5.41, 5.74) is 27.0. The highest BCUT2D eigenvalue weighted by molar-refractivity contribution is 6.13. The van der Waals surface area contributed by atoms with E-state index in [1.54, 1.807) is 21.3 Å². The van der Waals surface area contributed by atoms with Crippen LogP contribution in [0.15, 0.2) is 394 Å². The van der Waals surface area contributed by atoms with E-state index in [9.17, 15) is 0 Å². The Morgan fingerprint density at radius 2 is 0.707 bits per heavy atom. The molecule has 0 N–H and O–H groups in total. The molecular weight excluding hydrogens is 1810 g/mol. The second-order valence-electron chi connectivity index (χ2n) is 40.6. The van der Waals surface area contributed by atoms with Crippen molar-refractivity contribution in [2.75, 3.05) is 64.5 Å². The molecule has 4 spiro atoms. The summed E-state index contributed by atoms with van der Waals surface area (Å²) < 4.78 is 66.4. The van der Waals surface area contributed by atoms with Crippen molar-refractivity contribution in [3.05, 3.63) is 506 Å². The highest BCUT2D eigenvalue weighted by Gasteiger charge is 2.61. The maximum atomic E-state index is 7.63. The van der Waals surface area contributed by atoms with Gasteiger partial charge < -0.3 is 57.2 Å². The molecule has 4 unspecified atom stereocenters. The molecule has 712 valence electrons. The Kier molecular flexibility index (Phi) is 19.6. The molecule has 19 aromatic rings. The minimum Gasteiger partial charge on any atom is -0.497 e. The highest BCUT2D eigenvalue weighted by Crippen LogP contribution is 2.69. The lowest BCUT2D eigenvalue weighted by Crippen LogP contribution is -2.58. The molecule has 1 saturated heterocycles. The Labute approximate surface area is 854 Å². The minimum atomic E-state index is -0.972. The molecule has 12 heteroatoms. The lowest BCUT2D eigenvalue weighted by Gasteiger charge is -2.46. The number of rotatable bonds is 8. The maximum absolute atomic E-state index is 7.63. The fraction of sp³-hybridized carbons (Fsp3) is 0.141. The topological polar surface area (TPSA) is 98.8 Å². The molecule has 4 atom stereocenters. The Morgan fingerprint density at radius 3 is 1.29 bits per heavy atom. The lowest BCUT2D eigenvalue weighted by atomic mass is 9.64. The van der Waals surface area contributed by atoms with Crippen molar-refractivity contribution in [3.8, 4) is 90.9 Å². The molecule has 19 aromatic carbocycles. The van der Waals surface area contributed by atoms with Crippen molar-refractivity contribution in [2.45, 2.75) is 66.7 Å². The summed E-state index contributed by atoms with van der Waals surface area (Å²) >= 11 is 0. The fourth-order valence-electron chi connectivity index (χ4n) is 26.2. The molecule has 0 aromatic heterocycles. The number of likely N-dealkylation sites (N-methyl/N-ethyl adjacent to an activating group) is 1. The molecule has 1 fully saturated rings. The smallest absolute Gasteiger partial charge is 0.211 e. The Hall–Kier alpha value is -17.3.